The normalized spacial score (nSPS) is 24.3. The van der Waals surface area contributed by atoms with Gasteiger partial charge in [0.15, 0.2) is 0 Å². The molecule has 1 unspecified atom stereocenters. The van der Waals surface area contributed by atoms with Gasteiger partial charge < -0.3 is 20.3 Å². The molecule has 1 saturated carbocycles. The van der Waals surface area contributed by atoms with Crippen LogP contribution in [0.1, 0.15) is 52.0 Å². The summed E-state index contributed by atoms with van der Waals surface area (Å²) in [6.45, 7) is 8.32. The summed E-state index contributed by atoms with van der Waals surface area (Å²) in [4.78, 5) is 15.1. The Bertz CT molecular complexity index is 742. The number of anilines is 2. The number of ether oxygens (including phenoxy) is 1. The highest BCUT2D eigenvalue weighted by Crippen LogP contribution is 2.41. The van der Waals surface area contributed by atoms with E-state index in [0.29, 0.717) is 19.3 Å². The molecule has 1 aromatic carbocycles. The van der Waals surface area contributed by atoms with Crippen LogP contribution in [0.3, 0.4) is 0 Å². The van der Waals surface area contributed by atoms with Gasteiger partial charge in [0.05, 0.1) is 30.2 Å². The van der Waals surface area contributed by atoms with Gasteiger partial charge in [-0.3, -0.25) is 4.79 Å². The number of fused-ring (bicyclic) bond motifs is 1. The van der Waals surface area contributed by atoms with Gasteiger partial charge in [0.2, 0.25) is 0 Å². The van der Waals surface area contributed by atoms with Gasteiger partial charge in [-0.25, -0.2) is 0 Å². The van der Waals surface area contributed by atoms with Crippen LogP contribution in [-0.2, 0) is 9.53 Å². The lowest BCUT2D eigenvalue weighted by Gasteiger charge is -2.23. The minimum Gasteiger partial charge on any atom is -0.383 e. The van der Waals surface area contributed by atoms with E-state index >= 15 is 0 Å². The summed E-state index contributed by atoms with van der Waals surface area (Å²) >= 11 is 0. The van der Waals surface area contributed by atoms with Crippen LogP contribution < -0.4 is 15.5 Å². The van der Waals surface area contributed by atoms with Gasteiger partial charge in [-0.05, 0) is 57.7 Å². The van der Waals surface area contributed by atoms with E-state index in [2.05, 4.69) is 49.6 Å². The van der Waals surface area contributed by atoms with Crippen LogP contribution >= 0.6 is 0 Å². The van der Waals surface area contributed by atoms with E-state index in [-0.39, 0.29) is 11.9 Å². The number of benzene rings is 1. The molecule has 2 fully saturated rings. The molecule has 1 aromatic rings. The average Bonchev–Trinajstić information content (AvgIpc) is 3.28. The fourth-order valence-electron chi connectivity index (χ4n) is 4.68. The summed E-state index contributed by atoms with van der Waals surface area (Å²) < 4.78 is 5.61. The maximum Gasteiger partial charge on any atom is 0.261 e. The monoisotopic (exact) mass is 369 g/mol. The molecule has 5 nitrogen and oxygen atoms in total. The first-order chi connectivity index (χ1) is 13.1. The Morgan fingerprint density at radius 2 is 2.00 bits per heavy atom. The Hall–Kier alpha value is -2.01. The zero-order valence-electron chi connectivity index (χ0n) is 16.7. The van der Waals surface area contributed by atoms with Crippen molar-refractivity contribution in [2.45, 2.75) is 58.5 Å². The van der Waals surface area contributed by atoms with Crippen molar-refractivity contribution in [2.24, 2.45) is 5.92 Å². The van der Waals surface area contributed by atoms with E-state index in [0.717, 1.165) is 40.7 Å². The molecule has 0 spiro atoms. The first-order valence-corrected chi connectivity index (χ1v) is 10.4. The summed E-state index contributed by atoms with van der Waals surface area (Å²) in [6.07, 6.45) is 5.33. The summed E-state index contributed by atoms with van der Waals surface area (Å²) in [7, 11) is 0. The van der Waals surface area contributed by atoms with E-state index in [9.17, 15) is 4.79 Å². The number of hydrogen-bond donors (Lipinski definition) is 2. The quantitative estimate of drug-likeness (QED) is 0.794. The Morgan fingerprint density at radius 3 is 2.67 bits per heavy atom. The molecule has 2 heterocycles. The van der Waals surface area contributed by atoms with Crippen molar-refractivity contribution < 1.29 is 9.53 Å². The number of carbonyl (C=O) groups excluding carboxylic acids is 1. The molecule has 0 aromatic heterocycles. The predicted molar refractivity (Wildman–Crippen MR) is 110 cm³/mol. The lowest BCUT2D eigenvalue weighted by molar-refractivity contribution is -0.113. The number of morpholine rings is 1. The standard InChI is InChI=1S/C22H31N3O2/c1-14(2)25-20-9-8-17(24-15(3)16-6-4-5-7-16)12-18(20)21(22(25)26)19-13-27-11-10-23-19/h8-9,12,14-16,23-24H,4-7,10-11,13H2,1-3H3/b21-19-. The van der Waals surface area contributed by atoms with E-state index in [1.54, 1.807) is 0 Å². The second-order valence-electron chi connectivity index (χ2n) is 8.31. The van der Waals surface area contributed by atoms with Crippen molar-refractivity contribution in [1.82, 2.24) is 5.32 Å². The first-order valence-electron chi connectivity index (χ1n) is 10.4. The van der Waals surface area contributed by atoms with Crippen molar-refractivity contribution in [2.75, 3.05) is 30.0 Å². The first kappa shape index (κ1) is 18.4. The average molecular weight is 370 g/mol. The van der Waals surface area contributed by atoms with E-state index < -0.39 is 0 Å². The maximum absolute atomic E-state index is 13.2. The topological polar surface area (TPSA) is 53.6 Å². The molecule has 0 bridgehead atoms. The van der Waals surface area contributed by atoms with Crippen molar-refractivity contribution in [1.29, 1.82) is 0 Å². The number of nitrogens with zero attached hydrogens (tertiary/aromatic N) is 1. The number of carbonyl (C=O) groups is 1. The minimum absolute atomic E-state index is 0.0778. The Kier molecular flexibility index (Phi) is 5.13. The van der Waals surface area contributed by atoms with Gasteiger partial charge in [0.25, 0.3) is 5.91 Å². The number of hydrogen-bond acceptors (Lipinski definition) is 4. The highest BCUT2D eigenvalue weighted by molar-refractivity contribution is 6.33. The SMILES string of the molecule is CC(Nc1ccc2c(c1)/C(=C1\COCCN1)C(=O)N2C(C)C)C1CCCC1. The number of rotatable bonds is 4. The number of nitrogens with one attached hydrogen (secondary N) is 2. The van der Waals surface area contributed by atoms with Gasteiger partial charge in [-0.15, -0.1) is 0 Å². The second kappa shape index (κ2) is 7.55. The van der Waals surface area contributed by atoms with Crippen LogP contribution in [0.25, 0.3) is 5.57 Å². The van der Waals surface area contributed by atoms with E-state index in [4.69, 9.17) is 4.74 Å². The molecule has 2 N–H and O–H groups in total. The van der Waals surface area contributed by atoms with Crippen LogP contribution in [0.4, 0.5) is 11.4 Å². The largest absolute Gasteiger partial charge is 0.383 e. The molecule has 0 radical (unpaired) electrons. The summed E-state index contributed by atoms with van der Waals surface area (Å²) in [5.41, 5.74) is 4.81. The van der Waals surface area contributed by atoms with Crippen molar-refractivity contribution in [3.05, 3.63) is 29.5 Å². The summed E-state index contributed by atoms with van der Waals surface area (Å²) in [5, 5.41) is 7.08. The van der Waals surface area contributed by atoms with Crippen molar-refractivity contribution in [3.8, 4) is 0 Å². The molecule has 27 heavy (non-hydrogen) atoms. The smallest absolute Gasteiger partial charge is 0.261 e. The Morgan fingerprint density at radius 1 is 1.22 bits per heavy atom. The van der Waals surface area contributed by atoms with Crippen LogP contribution in [0, 0.1) is 5.92 Å². The van der Waals surface area contributed by atoms with E-state index in [1.165, 1.54) is 25.7 Å². The van der Waals surface area contributed by atoms with Crippen LogP contribution in [-0.4, -0.2) is 37.7 Å². The molecule has 1 saturated heterocycles. The molecule has 4 rings (SSSR count). The zero-order chi connectivity index (χ0) is 19.0. The molecule has 146 valence electrons. The third kappa shape index (κ3) is 3.45. The molecule has 1 atom stereocenters. The fraction of sp³-hybridized carbons (Fsp3) is 0.591. The van der Waals surface area contributed by atoms with Crippen molar-refractivity contribution >= 4 is 22.9 Å². The second-order valence-corrected chi connectivity index (χ2v) is 8.31. The van der Waals surface area contributed by atoms with Gasteiger partial charge in [0.1, 0.15) is 0 Å². The van der Waals surface area contributed by atoms with Gasteiger partial charge in [0, 0.05) is 29.9 Å². The molecular formula is C22H31N3O2. The van der Waals surface area contributed by atoms with Gasteiger partial charge >= 0.3 is 0 Å². The lowest BCUT2D eigenvalue weighted by Crippen LogP contribution is -2.35. The molecule has 1 aliphatic carbocycles. The van der Waals surface area contributed by atoms with Gasteiger partial charge in [-0.1, -0.05) is 12.8 Å². The van der Waals surface area contributed by atoms with Crippen LogP contribution in [0.5, 0.6) is 0 Å². The molecule has 5 heteroatoms. The Balaban J connectivity index is 1.68. The summed E-state index contributed by atoms with van der Waals surface area (Å²) in [6, 6.07) is 6.94. The fourth-order valence-corrected chi connectivity index (χ4v) is 4.68. The van der Waals surface area contributed by atoms with Crippen LogP contribution in [0.15, 0.2) is 23.9 Å². The third-order valence-corrected chi connectivity index (χ3v) is 6.11. The minimum atomic E-state index is 0.0778. The highest BCUT2D eigenvalue weighted by atomic mass is 16.5. The maximum atomic E-state index is 13.2. The van der Waals surface area contributed by atoms with Crippen molar-refractivity contribution in [3.63, 3.8) is 0 Å². The third-order valence-electron chi connectivity index (χ3n) is 6.11. The zero-order valence-corrected chi connectivity index (χ0v) is 16.7. The van der Waals surface area contributed by atoms with Gasteiger partial charge in [-0.2, -0.15) is 0 Å². The predicted octanol–water partition coefficient (Wildman–Crippen LogP) is 3.76. The highest BCUT2D eigenvalue weighted by Gasteiger charge is 2.37. The lowest BCUT2D eigenvalue weighted by atomic mass is 9.99. The molecule has 3 aliphatic rings. The molecule has 1 amide bonds. The van der Waals surface area contributed by atoms with E-state index in [1.807, 2.05) is 4.90 Å². The van der Waals surface area contributed by atoms with Crippen LogP contribution in [0.2, 0.25) is 0 Å². The molecule has 2 aliphatic heterocycles. The number of amides is 1. The Labute approximate surface area is 162 Å². The molecular weight excluding hydrogens is 338 g/mol. The summed E-state index contributed by atoms with van der Waals surface area (Å²) in [5.74, 6) is 0.826.